The van der Waals surface area contributed by atoms with Gasteiger partial charge in [0.25, 0.3) is 0 Å². The smallest absolute Gasteiger partial charge is 0.319 e. The molecule has 0 aliphatic rings. The fourth-order valence-electron chi connectivity index (χ4n) is 1.44. The van der Waals surface area contributed by atoms with Crippen LogP contribution in [0, 0.1) is 5.92 Å². The number of carbonyl (C=O) groups excluding carboxylic acids is 1. The fourth-order valence-corrected chi connectivity index (χ4v) is 1.44. The Kier molecular flexibility index (Phi) is 10.1. The predicted molar refractivity (Wildman–Crippen MR) is 67.3 cm³/mol. The molecule has 0 aromatic rings. The zero-order valence-corrected chi connectivity index (χ0v) is 10.6. The van der Waals surface area contributed by atoms with Crippen molar-refractivity contribution in [1.82, 2.24) is 5.32 Å². The Bertz CT molecular complexity index is 192. The molecule has 3 heteroatoms. The highest BCUT2D eigenvalue weighted by Gasteiger charge is 2.09. The maximum atomic E-state index is 11.3. The lowest BCUT2D eigenvalue weighted by molar-refractivity contribution is -0.144. The SMILES string of the molecule is C=CCNCC(=O)OCC(CC)CCCC. The zero-order chi connectivity index (χ0) is 12.2. The van der Waals surface area contributed by atoms with Crippen LogP contribution >= 0.6 is 0 Å². The van der Waals surface area contributed by atoms with Gasteiger partial charge in [0, 0.05) is 6.54 Å². The van der Waals surface area contributed by atoms with Gasteiger partial charge in [0.1, 0.15) is 0 Å². The molecule has 0 rings (SSSR count). The van der Waals surface area contributed by atoms with Gasteiger partial charge in [0.15, 0.2) is 0 Å². The number of ether oxygens (including phenoxy) is 1. The van der Waals surface area contributed by atoms with Crippen LogP contribution in [0.3, 0.4) is 0 Å². The molecular formula is C13H25NO2. The Morgan fingerprint density at radius 2 is 2.25 bits per heavy atom. The van der Waals surface area contributed by atoms with E-state index in [1.807, 2.05) is 0 Å². The summed E-state index contributed by atoms with van der Waals surface area (Å²) in [4.78, 5) is 11.3. The third-order valence-electron chi connectivity index (χ3n) is 2.58. The van der Waals surface area contributed by atoms with Gasteiger partial charge >= 0.3 is 5.97 Å². The van der Waals surface area contributed by atoms with Gasteiger partial charge in [-0.15, -0.1) is 6.58 Å². The Morgan fingerprint density at radius 3 is 2.81 bits per heavy atom. The quantitative estimate of drug-likeness (QED) is 0.354. The Labute approximate surface area is 99.3 Å². The second kappa shape index (κ2) is 10.7. The van der Waals surface area contributed by atoms with E-state index in [2.05, 4.69) is 25.7 Å². The number of unbranched alkanes of at least 4 members (excludes halogenated alkanes) is 1. The third kappa shape index (κ3) is 8.48. The first-order valence-electron chi connectivity index (χ1n) is 6.21. The van der Waals surface area contributed by atoms with Gasteiger partial charge in [-0.05, 0) is 12.3 Å². The van der Waals surface area contributed by atoms with Gasteiger partial charge in [-0.25, -0.2) is 0 Å². The van der Waals surface area contributed by atoms with Crippen LogP contribution in [0.15, 0.2) is 12.7 Å². The van der Waals surface area contributed by atoms with Crippen LogP contribution in [0.25, 0.3) is 0 Å². The van der Waals surface area contributed by atoms with Gasteiger partial charge in [-0.1, -0.05) is 39.2 Å². The molecule has 0 saturated carbocycles. The minimum atomic E-state index is -0.170. The molecule has 0 aliphatic carbocycles. The molecule has 0 fully saturated rings. The fraction of sp³-hybridized carbons (Fsp3) is 0.769. The van der Waals surface area contributed by atoms with Crippen molar-refractivity contribution in [3.05, 3.63) is 12.7 Å². The van der Waals surface area contributed by atoms with E-state index in [4.69, 9.17) is 4.74 Å². The van der Waals surface area contributed by atoms with Crippen molar-refractivity contribution in [3.63, 3.8) is 0 Å². The van der Waals surface area contributed by atoms with Crippen molar-refractivity contribution in [1.29, 1.82) is 0 Å². The van der Waals surface area contributed by atoms with E-state index in [-0.39, 0.29) is 12.5 Å². The van der Waals surface area contributed by atoms with Gasteiger partial charge in [-0.3, -0.25) is 4.79 Å². The van der Waals surface area contributed by atoms with Crippen LogP contribution < -0.4 is 5.32 Å². The summed E-state index contributed by atoms with van der Waals surface area (Å²) in [6, 6.07) is 0. The van der Waals surface area contributed by atoms with Gasteiger partial charge in [0.05, 0.1) is 13.2 Å². The minimum Gasteiger partial charge on any atom is -0.464 e. The molecule has 1 N–H and O–H groups in total. The van der Waals surface area contributed by atoms with Crippen LogP contribution in [-0.2, 0) is 9.53 Å². The second-order valence-electron chi connectivity index (χ2n) is 4.02. The highest BCUT2D eigenvalue weighted by molar-refractivity contribution is 5.71. The lowest BCUT2D eigenvalue weighted by Gasteiger charge is -2.14. The second-order valence-corrected chi connectivity index (χ2v) is 4.02. The number of hydrogen-bond acceptors (Lipinski definition) is 3. The maximum absolute atomic E-state index is 11.3. The maximum Gasteiger partial charge on any atom is 0.319 e. The highest BCUT2D eigenvalue weighted by atomic mass is 16.5. The van der Waals surface area contributed by atoms with Crippen LogP contribution in [0.1, 0.15) is 39.5 Å². The zero-order valence-electron chi connectivity index (χ0n) is 10.6. The van der Waals surface area contributed by atoms with E-state index in [0.717, 1.165) is 12.8 Å². The standard InChI is InChI=1S/C13H25NO2/c1-4-7-8-12(6-3)11-16-13(15)10-14-9-5-2/h5,12,14H,2,4,6-11H2,1,3H3. The molecule has 0 heterocycles. The van der Waals surface area contributed by atoms with E-state index in [0.29, 0.717) is 19.1 Å². The van der Waals surface area contributed by atoms with E-state index < -0.39 is 0 Å². The first-order chi connectivity index (χ1) is 7.74. The van der Waals surface area contributed by atoms with Crippen LogP contribution in [0.4, 0.5) is 0 Å². The van der Waals surface area contributed by atoms with Crippen LogP contribution in [0.5, 0.6) is 0 Å². The van der Waals surface area contributed by atoms with Crippen molar-refractivity contribution in [2.24, 2.45) is 5.92 Å². The van der Waals surface area contributed by atoms with Gasteiger partial charge in [0.2, 0.25) is 0 Å². The average Bonchev–Trinajstić information content (AvgIpc) is 2.30. The number of esters is 1. The summed E-state index contributed by atoms with van der Waals surface area (Å²) in [5.41, 5.74) is 0. The summed E-state index contributed by atoms with van der Waals surface area (Å²) >= 11 is 0. The number of rotatable bonds is 10. The molecule has 94 valence electrons. The van der Waals surface area contributed by atoms with Crippen molar-refractivity contribution in [3.8, 4) is 0 Å². The molecule has 0 spiro atoms. The summed E-state index contributed by atoms with van der Waals surface area (Å²) in [7, 11) is 0. The minimum absolute atomic E-state index is 0.170. The molecule has 1 unspecified atom stereocenters. The lowest BCUT2D eigenvalue weighted by atomic mass is 10.0. The lowest BCUT2D eigenvalue weighted by Crippen LogP contribution is -2.26. The number of carbonyl (C=O) groups is 1. The van der Waals surface area contributed by atoms with E-state index in [9.17, 15) is 4.79 Å². The summed E-state index contributed by atoms with van der Waals surface area (Å²) in [5, 5.41) is 2.93. The predicted octanol–water partition coefficient (Wildman–Crippen LogP) is 2.52. The first kappa shape index (κ1) is 15.2. The van der Waals surface area contributed by atoms with Crippen molar-refractivity contribution >= 4 is 5.97 Å². The molecular weight excluding hydrogens is 202 g/mol. The average molecular weight is 227 g/mol. The Morgan fingerprint density at radius 1 is 1.50 bits per heavy atom. The summed E-state index contributed by atoms with van der Waals surface area (Å²) in [6.45, 7) is 9.36. The normalized spacial score (nSPS) is 12.1. The molecule has 0 saturated heterocycles. The summed E-state index contributed by atoms with van der Waals surface area (Å²) < 4.78 is 5.20. The molecule has 3 nitrogen and oxygen atoms in total. The molecule has 0 aliphatic heterocycles. The molecule has 0 amide bonds. The molecule has 0 aromatic carbocycles. The van der Waals surface area contributed by atoms with E-state index >= 15 is 0 Å². The van der Waals surface area contributed by atoms with Gasteiger partial charge in [-0.2, -0.15) is 0 Å². The first-order valence-corrected chi connectivity index (χ1v) is 6.21. The van der Waals surface area contributed by atoms with Crippen LogP contribution in [-0.4, -0.2) is 25.7 Å². The topological polar surface area (TPSA) is 38.3 Å². The Balaban J connectivity index is 3.57. The number of nitrogens with one attached hydrogen (secondary N) is 1. The monoisotopic (exact) mass is 227 g/mol. The summed E-state index contributed by atoms with van der Waals surface area (Å²) in [6.07, 6.45) is 6.37. The molecule has 0 radical (unpaired) electrons. The molecule has 0 aromatic heterocycles. The Hall–Kier alpha value is -0.830. The van der Waals surface area contributed by atoms with E-state index in [1.165, 1.54) is 12.8 Å². The number of hydrogen-bond donors (Lipinski definition) is 1. The molecule has 16 heavy (non-hydrogen) atoms. The van der Waals surface area contributed by atoms with Crippen molar-refractivity contribution < 1.29 is 9.53 Å². The highest BCUT2D eigenvalue weighted by Crippen LogP contribution is 2.12. The largest absolute Gasteiger partial charge is 0.464 e. The van der Waals surface area contributed by atoms with Crippen molar-refractivity contribution in [2.45, 2.75) is 39.5 Å². The summed E-state index contributed by atoms with van der Waals surface area (Å²) in [5.74, 6) is 0.347. The third-order valence-corrected chi connectivity index (χ3v) is 2.58. The van der Waals surface area contributed by atoms with Gasteiger partial charge < -0.3 is 10.1 Å². The molecule has 1 atom stereocenters. The molecule has 0 bridgehead atoms. The van der Waals surface area contributed by atoms with Crippen LogP contribution in [0.2, 0.25) is 0 Å². The van der Waals surface area contributed by atoms with Crippen molar-refractivity contribution in [2.75, 3.05) is 19.7 Å². The van der Waals surface area contributed by atoms with E-state index in [1.54, 1.807) is 6.08 Å².